The summed E-state index contributed by atoms with van der Waals surface area (Å²) in [5.41, 5.74) is 0.173. The lowest BCUT2D eigenvalue weighted by molar-refractivity contribution is -0.133. The van der Waals surface area contributed by atoms with E-state index in [0.29, 0.717) is 6.10 Å². The summed E-state index contributed by atoms with van der Waals surface area (Å²) in [4.78, 5) is 10.4. The second-order valence-electron chi connectivity index (χ2n) is 4.93. The Morgan fingerprint density at radius 2 is 2.06 bits per heavy atom. The topological polar surface area (TPSA) is 46.5 Å². The molecule has 1 aliphatic carbocycles. The van der Waals surface area contributed by atoms with E-state index in [2.05, 4.69) is 0 Å². The van der Waals surface area contributed by atoms with Crippen LogP contribution in [0.1, 0.15) is 44.9 Å². The molecule has 4 heteroatoms. The first kappa shape index (κ1) is 12.2. The number of carboxylic acids is 1. The SMILES string of the molecule is O=C(O)CSCC1CCC2(CCCCC2)O1. The predicted molar refractivity (Wildman–Crippen MR) is 64.9 cm³/mol. The van der Waals surface area contributed by atoms with Gasteiger partial charge >= 0.3 is 5.97 Å². The number of hydrogen-bond acceptors (Lipinski definition) is 3. The first-order valence-corrected chi connectivity index (χ1v) is 7.33. The Bertz CT molecular complexity index is 249. The summed E-state index contributed by atoms with van der Waals surface area (Å²) >= 11 is 1.48. The van der Waals surface area contributed by atoms with Gasteiger partial charge in [-0.2, -0.15) is 0 Å². The van der Waals surface area contributed by atoms with Gasteiger partial charge in [0.1, 0.15) is 0 Å². The van der Waals surface area contributed by atoms with Crippen molar-refractivity contribution in [3.63, 3.8) is 0 Å². The normalized spacial score (nSPS) is 28.4. The maximum Gasteiger partial charge on any atom is 0.313 e. The van der Waals surface area contributed by atoms with Crippen molar-refractivity contribution in [1.82, 2.24) is 0 Å². The Kier molecular flexibility index (Phi) is 4.14. The molecule has 2 aliphatic rings. The van der Waals surface area contributed by atoms with Crippen LogP contribution in [0.2, 0.25) is 0 Å². The van der Waals surface area contributed by atoms with Crippen LogP contribution in [0, 0.1) is 0 Å². The van der Waals surface area contributed by atoms with E-state index in [1.165, 1.54) is 50.3 Å². The first-order valence-electron chi connectivity index (χ1n) is 6.18. The Morgan fingerprint density at radius 1 is 1.31 bits per heavy atom. The van der Waals surface area contributed by atoms with E-state index in [1.54, 1.807) is 0 Å². The van der Waals surface area contributed by atoms with Gasteiger partial charge in [-0.3, -0.25) is 4.79 Å². The number of carboxylic acid groups (broad SMARTS) is 1. The monoisotopic (exact) mass is 244 g/mol. The number of rotatable bonds is 4. The van der Waals surface area contributed by atoms with Gasteiger partial charge in [-0.05, 0) is 25.7 Å². The zero-order valence-corrected chi connectivity index (χ0v) is 10.4. The second kappa shape index (κ2) is 5.41. The van der Waals surface area contributed by atoms with E-state index in [1.807, 2.05) is 0 Å². The van der Waals surface area contributed by atoms with Crippen molar-refractivity contribution in [1.29, 1.82) is 0 Å². The van der Waals surface area contributed by atoms with Crippen molar-refractivity contribution in [3.05, 3.63) is 0 Å². The number of hydrogen-bond donors (Lipinski definition) is 1. The van der Waals surface area contributed by atoms with Crippen LogP contribution < -0.4 is 0 Å². The molecule has 1 saturated carbocycles. The summed E-state index contributed by atoms with van der Waals surface area (Å²) in [6.45, 7) is 0. The van der Waals surface area contributed by atoms with Crippen LogP contribution in [0.3, 0.4) is 0 Å². The summed E-state index contributed by atoms with van der Waals surface area (Å²) in [6, 6.07) is 0. The summed E-state index contributed by atoms with van der Waals surface area (Å²) < 4.78 is 6.16. The highest BCUT2D eigenvalue weighted by molar-refractivity contribution is 7.99. The lowest BCUT2D eigenvalue weighted by atomic mass is 9.83. The third-order valence-electron chi connectivity index (χ3n) is 3.63. The molecule has 16 heavy (non-hydrogen) atoms. The first-order chi connectivity index (χ1) is 7.70. The van der Waals surface area contributed by atoms with Gasteiger partial charge in [-0.25, -0.2) is 0 Å². The highest BCUT2D eigenvalue weighted by atomic mass is 32.2. The van der Waals surface area contributed by atoms with E-state index in [9.17, 15) is 4.79 Å². The Morgan fingerprint density at radius 3 is 2.75 bits per heavy atom. The molecule has 1 spiro atoms. The predicted octanol–water partition coefficient (Wildman–Crippen LogP) is 2.69. The van der Waals surface area contributed by atoms with Crippen LogP contribution >= 0.6 is 11.8 Å². The van der Waals surface area contributed by atoms with Crippen molar-refractivity contribution in [3.8, 4) is 0 Å². The Hall–Kier alpha value is -0.220. The summed E-state index contributed by atoms with van der Waals surface area (Å²) in [7, 11) is 0. The molecule has 3 nitrogen and oxygen atoms in total. The molecule has 1 unspecified atom stereocenters. The number of thioether (sulfide) groups is 1. The van der Waals surface area contributed by atoms with Crippen LogP contribution in [-0.2, 0) is 9.53 Å². The standard InChI is InChI=1S/C12H20O3S/c13-11(14)9-16-8-10-4-7-12(15-10)5-2-1-3-6-12/h10H,1-9H2,(H,13,14). The molecule has 1 saturated heterocycles. The van der Waals surface area contributed by atoms with Gasteiger partial charge in [0, 0.05) is 5.75 Å². The fraction of sp³-hybridized carbons (Fsp3) is 0.917. The molecule has 1 N–H and O–H groups in total. The van der Waals surface area contributed by atoms with Crippen molar-refractivity contribution in [2.45, 2.75) is 56.7 Å². The van der Waals surface area contributed by atoms with Crippen molar-refractivity contribution < 1.29 is 14.6 Å². The van der Waals surface area contributed by atoms with Gasteiger partial charge in [0.15, 0.2) is 0 Å². The van der Waals surface area contributed by atoms with E-state index >= 15 is 0 Å². The van der Waals surface area contributed by atoms with E-state index in [0.717, 1.165) is 12.2 Å². The molecule has 0 aromatic carbocycles. The van der Waals surface area contributed by atoms with Crippen LogP contribution in [-0.4, -0.2) is 34.3 Å². The third-order valence-corrected chi connectivity index (χ3v) is 4.69. The zero-order valence-electron chi connectivity index (χ0n) is 9.61. The lowest BCUT2D eigenvalue weighted by Crippen LogP contribution is -2.32. The fourth-order valence-corrected chi connectivity index (χ4v) is 3.64. The second-order valence-corrected chi connectivity index (χ2v) is 5.96. The molecule has 2 fully saturated rings. The largest absolute Gasteiger partial charge is 0.481 e. The minimum Gasteiger partial charge on any atom is -0.481 e. The average molecular weight is 244 g/mol. The molecule has 1 atom stereocenters. The van der Waals surface area contributed by atoms with Crippen LogP contribution in [0.25, 0.3) is 0 Å². The quantitative estimate of drug-likeness (QED) is 0.826. The average Bonchev–Trinajstić information content (AvgIpc) is 2.62. The molecule has 0 aromatic heterocycles. The van der Waals surface area contributed by atoms with Crippen molar-refractivity contribution in [2.75, 3.05) is 11.5 Å². The summed E-state index contributed by atoms with van der Waals surface area (Å²) in [5, 5.41) is 8.57. The molecule has 0 amide bonds. The third kappa shape index (κ3) is 3.14. The Labute approximate surface area is 101 Å². The van der Waals surface area contributed by atoms with Gasteiger partial charge in [-0.1, -0.05) is 19.3 Å². The summed E-state index contributed by atoms with van der Waals surface area (Å²) in [6.07, 6.45) is 8.98. The fourth-order valence-electron chi connectivity index (χ4n) is 2.85. The minimum absolute atomic E-state index is 0.173. The highest BCUT2D eigenvalue weighted by Gasteiger charge is 2.40. The van der Waals surface area contributed by atoms with E-state index in [4.69, 9.17) is 9.84 Å². The van der Waals surface area contributed by atoms with Gasteiger partial charge < -0.3 is 9.84 Å². The van der Waals surface area contributed by atoms with Gasteiger partial charge in [0.05, 0.1) is 17.5 Å². The molecule has 2 rings (SSSR count). The number of ether oxygens (including phenoxy) is 1. The Balaban J connectivity index is 1.72. The van der Waals surface area contributed by atoms with Crippen LogP contribution in [0.4, 0.5) is 0 Å². The van der Waals surface area contributed by atoms with E-state index in [-0.39, 0.29) is 11.4 Å². The van der Waals surface area contributed by atoms with Crippen LogP contribution in [0.15, 0.2) is 0 Å². The number of carbonyl (C=O) groups is 1. The maximum atomic E-state index is 10.4. The molecular formula is C12H20O3S. The van der Waals surface area contributed by atoms with E-state index < -0.39 is 5.97 Å². The molecule has 1 aliphatic heterocycles. The molecule has 0 bridgehead atoms. The van der Waals surface area contributed by atoms with Crippen LogP contribution in [0.5, 0.6) is 0 Å². The van der Waals surface area contributed by atoms with Gasteiger partial charge in [-0.15, -0.1) is 11.8 Å². The van der Waals surface area contributed by atoms with Gasteiger partial charge in [0.25, 0.3) is 0 Å². The summed E-state index contributed by atoms with van der Waals surface area (Å²) in [5.74, 6) is 0.316. The highest BCUT2D eigenvalue weighted by Crippen LogP contribution is 2.42. The minimum atomic E-state index is -0.727. The smallest absolute Gasteiger partial charge is 0.313 e. The molecule has 0 radical (unpaired) electrons. The number of aliphatic carboxylic acids is 1. The zero-order chi connectivity index (χ0) is 11.4. The van der Waals surface area contributed by atoms with Crippen molar-refractivity contribution >= 4 is 17.7 Å². The molecule has 0 aromatic rings. The van der Waals surface area contributed by atoms with Gasteiger partial charge in [0.2, 0.25) is 0 Å². The molecular weight excluding hydrogens is 224 g/mol. The molecule has 1 heterocycles. The van der Waals surface area contributed by atoms with Crippen molar-refractivity contribution in [2.24, 2.45) is 0 Å². The molecule has 92 valence electrons. The maximum absolute atomic E-state index is 10.4. The lowest BCUT2D eigenvalue weighted by Gasteiger charge is -2.33.